The first-order valence-electron chi connectivity index (χ1n) is 13.3. The lowest BCUT2D eigenvalue weighted by molar-refractivity contribution is -0.194. The summed E-state index contributed by atoms with van der Waals surface area (Å²) in [6, 6.07) is 15.8. The van der Waals surface area contributed by atoms with Gasteiger partial charge in [-0.1, -0.05) is 35.9 Å². The largest absolute Gasteiger partial charge is 0.464 e. The molecule has 2 aromatic heterocycles. The minimum atomic E-state index is -1.33. The molecule has 0 saturated carbocycles. The van der Waals surface area contributed by atoms with Gasteiger partial charge in [0.1, 0.15) is 10.5 Å². The Morgan fingerprint density at radius 2 is 1.73 bits per heavy atom. The van der Waals surface area contributed by atoms with Crippen molar-refractivity contribution < 1.29 is 14.3 Å². The summed E-state index contributed by atoms with van der Waals surface area (Å²) in [7, 11) is 1.87. The molecule has 0 saturated heterocycles. The number of aromatic nitrogens is 4. The van der Waals surface area contributed by atoms with Crippen molar-refractivity contribution >= 4 is 50.2 Å². The van der Waals surface area contributed by atoms with Crippen LogP contribution in [0.3, 0.4) is 0 Å². The molecule has 0 fully saturated rings. The van der Waals surface area contributed by atoms with Crippen LogP contribution in [0.2, 0.25) is 5.02 Å². The number of aryl methyl sites for hydroxylation is 2. The van der Waals surface area contributed by atoms with Crippen molar-refractivity contribution in [2.24, 2.45) is 7.05 Å². The SMILES string of the molecule is CCOC(=O)C(CC)(OC(C)(C)C)c1c(C)cc2nc(-c3ccc4c(c3)nnn4C)sc2c1-c1ccc(Cl)cc1. The smallest absolute Gasteiger partial charge is 0.343 e. The third-order valence-electron chi connectivity index (χ3n) is 6.86. The van der Waals surface area contributed by atoms with Crippen LogP contribution in [-0.4, -0.2) is 38.2 Å². The molecular formula is C31H33ClN4O3S. The van der Waals surface area contributed by atoms with E-state index in [1.165, 1.54) is 0 Å². The highest BCUT2D eigenvalue weighted by Crippen LogP contribution is 2.48. The predicted octanol–water partition coefficient (Wildman–Crippen LogP) is 7.86. The molecule has 0 aliphatic rings. The van der Waals surface area contributed by atoms with E-state index in [9.17, 15) is 4.79 Å². The van der Waals surface area contributed by atoms with Crippen LogP contribution in [-0.2, 0) is 26.9 Å². The maximum Gasteiger partial charge on any atom is 0.343 e. The summed E-state index contributed by atoms with van der Waals surface area (Å²) in [6.45, 7) is 11.9. The quantitative estimate of drug-likeness (QED) is 0.183. The minimum absolute atomic E-state index is 0.251. The van der Waals surface area contributed by atoms with Gasteiger partial charge >= 0.3 is 5.97 Å². The second kappa shape index (κ2) is 10.6. The Kier molecular flexibility index (Phi) is 7.46. The van der Waals surface area contributed by atoms with E-state index in [0.29, 0.717) is 11.4 Å². The molecule has 1 unspecified atom stereocenters. The summed E-state index contributed by atoms with van der Waals surface area (Å²) < 4.78 is 15.1. The van der Waals surface area contributed by atoms with E-state index < -0.39 is 17.2 Å². The van der Waals surface area contributed by atoms with Gasteiger partial charge in [-0.2, -0.15) is 0 Å². The molecule has 40 heavy (non-hydrogen) atoms. The number of hydrogen-bond donors (Lipinski definition) is 0. The number of nitrogens with zero attached hydrogens (tertiary/aromatic N) is 4. The molecule has 0 radical (unpaired) electrons. The number of halogens is 1. The molecule has 5 rings (SSSR count). The molecule has 5 aromatic rings. The fraction of sp³-hybridized carbons (Fsp3) is 0.355. The maximum atomic E-state index is 13.9. The van der Waals surface area contributed by atoms with Crippen LogP contribution < -0.4 is 0 Å². The van der Waals surface area contributed by atoms with Gasteiger partial charge < -0.3 is 9.47 Å². The number of esters is 1. The van der Waals surface area contributed by atoms with Gasteiger partial charge in [-0.05, 0) is 88.6 Å². The first kappa shape index (κ1) is 28.2. The molecule has 7 nitrogen and oxygen atoms in total. The molecule has 208 valence electrons. The minimum Gasteiger partial charge on any atom is -0.464 e. The standard InChI is InChI=1S/C31H33ClN4O3S/c1-8-31(29(37)38-9-2,39-30(4,5)6)26-18(3)16-23-27(25(26)19-10-13-21(32)14-11-19)40-28(33-23)20-12-15-24-22(17-20)34-35-36(24)7/h10-17H,8-9H2,1-7H3. The number of carbonyl (C=O) groups excluding carboxylic acids is 1. The molecule has 0 amide bonds. The summed E-state index contributed by atoms with van der Waals surface area (Å²) in [5.74, 6) is -0.400. The normalized spacial score (nSPS) is 13.6. The lowest BCUT2D eigenvalue weighted by Gasteiger charge is -2.39. The maximum absolute atomic E-state index is 13.9. The Balaban J connectivity index is 1.84. The van der Waals surface area contributed by atoms with Gasteiger partial charge in [0.25, 0.3) is 0 Å². The summed E-state index contributed by atoms with van der Waals surface area (Å²) in [5, 5.41) is 9.90. The zero-order chi connectivity index (χ0) is 28.8. The van der Waals surface area contributed by atoms with Gasteiger partial charge in [0.15, 0.2) is 5.60 Å². The van der Waals surface area contributed by atoms with Gasteiger partial charge in [0.05, 0.1) is 27.9 Å². The van der Waals surface area contributed by atoms with Crippen molar-refractivity contribution in [1.82, 2.24) is 20.0 Å². The summed E-state index contributed by atoms with van der Waals surface area (Å²) >= 11 is 7.87. The third kappa shape index (κ3) is 5.00. The van der Waals surface area contributed by atoms with Gasteiger partial charge in [-0.3, -0.25) is 0 Å². The molecule has 0 spiro atoms. The third-order valence-corrected chi connectivity index (χ3v) is 8.25. The van der Waals surface area contributed by atoms with Gasteiger partial charge in [-0.15, -0.1) is 16.4 Å². The number of rotatable bonds is 7. The van der Waals surface area contributed by atoms with E-state index in [0.717, 1.165) is 54.1 Å². The second-order valence-electron chi connectivity index (χ2n) is 10.8. The summed E-state index contributed by atoms with van der Waals surface area (Å²) in [5.41, 5.74) is 5.12. The Morgan fingerprint density at radius 3 is 2.38 bits per heavy atom. The topological polar surface area (TPSA) is 79.1 Å². The second-order valence-corrected chi connectivity index (χ2v) is 12.3. The Morgan fingerprint density at radius 1 is 1.02 bits per heavy atom. The molecule has 0 aliphatic carbocycles. The van der Waals surface area contributed by atoms with E-state index in [4.69, 9.17) is 26.1 Å². The van der Waals surface area contributed by atoms with Crippen LogP contribution in [0.5, 0.6) is 0 Å². The summed E-state index contributed by atoms with van der Waals surface area (Å²) in [6.07, 6.45) is 0.394. The number of hydrogen-bond acceptors (Lipinski definition) is 7. The first-order chi connectivity index (χ1) is 19.0. The number of thiazole rings is 1. The molecule has 0 N–H and O–H groups in total. The van der Waals surface area contributed by atoms with E-state index in [1.807, 2.05) is 97.1 Å². The van der Waals surface area contributed by atoms with Crippen LogP contribution in [0.1, 0.15) is 52.2 Å². The number of carbonyl (C=O) groups is 1. The van der Waals surface area contributed by atoms with Crippen LogP contribution in [0.15, 0.2) is 48.5 Å². The fourth-order valence-corrected chi connectivity index (χ4v) is 6.50. The molecular weight excluding hydrogens is 544 g/mol. The van der Waals surface area contributed by atoms with Gasteiger partial charge in [0.2, 0.25) is 0 Å². The molecule has 1 atom stereocenters. The highest BCUT2D eigenvalue weighted by atomic mass is 35.5. The van der Waals surface area contributed by atoms with Gasteiger partial charge in [0, 0.05) is 28.8 Å². The van der Waals surface area contributed by atoms with E-state index in [-0.39, 0.29) is 6.61 Å². The molecule has 3 aromatic carbocycles. The highest BCUT2D eigenvalue weighted by Gasteiger charge is 2.47. The molecule has 2 heterocycles. The van der Waals surface area contributed by atoms with E-state index in [1.54, 1.807) is 16.0 Å². The monoisotopic (exact) mass is 576 g/mol. The Labute approximate surface area is 243 Å². The Bertz CT molecular complexity index is 1720. The lowest BCUT2D eigenvalue weighted by atomic mass is 9.81. The number of fused-ring (bicyclic) bond motifs is 2. The van der Waals surface area contributed by atoms with Crippen LogP contribution in [0.4, 0.5) is 0 Å². The first-order valence-corrected chi connectivity index (χ1v) is 14.5. The number of ether oxygens (including phenoxy) is 2. The zero-order valence-corrected chi connectivity index (χ0v) is 25.4. The lowest BCUT2D eigenvalue weighted by Crippen LogP contribution is -2.46. The molecule has 9 heteroatoms. The van der Waals surface area contributed by atoms with E-state index in [2.05, 4.69) is 10.3 Å². The Hall–Kier alpha value is -3.33. The summed E-state index contributed by atoms with van der Waals surface area (Å²) in [4.78, 5) is 18.9. The van der Waals surface area contributed by atoms with Crippen molar-refractivity contribution in [1.29, 1.82) is 0 Å². The van der Waals surface area contributed by atoms with Crippen molar-refractivity contribution in [3.63, 3.8) is 0 Å². The van der Waals surface area contributed by atoms with Crippen molar-refractivity contribution in [3.05, 3.63) is 64.7 Å². The number of benzene rings is 3. The van der Waals surface area contributed by atoms with Crippen molar-refractivity contribution in [2.45, 2.75) is 59.2 Å². The average Bonchev–Trinajstić information content (AvgIpc) is 3.50. The van der Waals surface area contributed by atoms with Crippen molar-refractivity contribution in [3.8, 4) is 21.7 Å². The fourth-order valence-electron chi connectivity index (χ4n) is 5.26. The van der Waals surface area contributed by atoms with Crippen LogP contribution in [0.25, 0.3) is 42.9 Å². The average molecular weight is 577 g/mol. The van der Waals surface area contributed by atoms with Gasteiger partial charge in [-0.25, -0.2) is 14.5 Å². The predicted molar refractivity (Wildman–Crippen MR) is 162 cm³/mol. The van der Waals surface area contributed by atoms with E-state index >= 15 is 0 Å². The van der Waals surface area contributed by atoms with Crippen LogP contribution in [0, 0.1) is 6.92 Å². The molecule has 0 aliphatic heterocycles. The molecule has 0 bridgehead atoms. The highest BCUT2D eigenvalue weighted by molar-refractivity contribution is 7.22. The zero-order valence-electron chi connectivity index (χ0n) is 23.8. The van der Waals surface area contributed by atoms with Crippen LogP contribution >= 0.6 is 22.9 Å². The van der Waals surface area contributed by atoms with Crippen molar-refractivity contribution in [2.75, 3.05) is 6.61 Å².